The quantitative estimate of drug-likeness (QED) is 0.713. The number of fused-ring (bicyclic) bond motifs is 1. The SMILES string of the molecule is O=C1CCCC[C@]2(CN(c3ncnc4nc[nH]c34)C[C@H]2c2ccccc2F)N1. The van der Waals surface area contributed by atoms with E-state index in [1.807, 2.05) is 12.1 Å². The Labute approximate surface area is 161 Å². The van der Waals surface area contributed by atoms with Gasteiger partial charge < -0.3 is 15.2 Å². The first kappa shape index (κ1) is 17.1. The molecule has 8 heteroatoms. The van der Waals surface area contributed by atoms with Crippen LogP contribution in [0.2, 0.25) is 0 Å². The van der Waals surface area contributed by atoms with Crippen molar-refractivity contribution in [2.75, 3.05) is 18.0 Å². The highest BCUT2D eigenvalue weighted by Crippen LogP contribution is 2.43. The Balaban J connectivity index is 1.61. The van der Waals surface area contributed by atoms with Crippen LogP contribution in [-0.4, -0.2) is 44.5 Å². The van der Waals surface area contributed by atoms with Crippen molar-refractivity contribution in [1.82, 2.24) is 25.3 Å². The third kappa shape index (κ3) is 2.71. The number of nitrogens with zero attached hydrogens (tertiary/aromatic N) is 4. The number of benzene rings is 1. The number of aromatic nitrogens is 4. The molecule has 2 saturated heterocycles. The summed E-state index contributed by atoms with van der Waals surface area (Å²) >= 11 is 0. The zero-order chi connectivity index (χ0) is 19.1. The van der Waals surface area contributed by atoms with Crippen LogP contribution < -0.4 is 10.2 Å². The van der Waals surface area contributed by atoms with Crippen LogP contribution in [0.15, 0.2) is 36.9 Å². The Bertz CT molecular complexity index is 1040. The molecule has 2 aliphatic heterocycles. The molecule has 5 rings (SSSR count). The zero-order valence-electron chi connectivity index (χ0n) is 15.4. The van der Waals surface area contributed by atoms with Crippen molar-refractivity contribution in [3.05, 3.63) is 48.3 Å². The molecule has 3 aromatic rings. The Morgan fingerprint density at radius 3 is 2.96 bits per heavy atom. The molecule has 2 N–H and O–H groups in total. The number of aromatic amines is 1. The average Bonchev–Trinajstić information content (AvgIpc) is 3.25. The van der Waals surface area contributed by atoms with E-state index in [0.29, 0.717) is 30.7 Å². The fourth-order valence-electron chi connectivity index (χ4n) is 4.73. The van der Waals surface area contributed by atoms with Gasteiger partial charge in [-0.1, -0.05) is 24.6 Å². The van der Waals surface area contributed by atoms with Crippen LogP contribution in [-0.2, 0) is 4.79 Å². The number of imidazole rings is 1. The predicted molar refractivity (Wildman–Crippen MR) is 102 cm³/mol. The van der Waals surface area contributed by atoms with E-state index in [1.54, 1.807) is 12.4 Å². The summed E-state index contributed by atoms with van der Waals surface area (Å²) in [4.78, 5) is 30.5. The molecule has 144 valence electrons. The molecule has 2 aromatic heterocycles. The first-order valence-electron chi connectivity index (χ1n) is 9.61. The summed E-state index contributed by atoms with van der Waals surface area (Å²) in [6.07, 6.45) is 6.20. The summed E-state index contributed by atoms with van der Waals surface area (Å²) < 4.78 is 14.7. The van der Waals surface area contributed by atoms with Crippen LogP contribution in [0.1, 0.15) is 37.2 Å². The molecule has 1 aromatic carbocycles. The van der Waals surface area contributed by atoms with E-state index < -0.39 is 5.54 Å². The number of nitrogens with one attached hydrogen (secondary N) is 2. The fourth-order valence-corrected chi connectivity index (χ4v) is 4.73. The van der Waals surface area contributed by atoms with Gasteiger partial charge in [0.25, 0.3) is 0 Å². The largest absolute Gasteiger partial charge is 0.352 e. The lowest BCUT2D eigenvalue weighted by Gasteiger charge is -2.35. The maximum absolute atomic E-state index is 14.7. The van der Waals surface area contributed by atoms with E-state index in [0.717, 1.165) is 30.6 Å². The van der Waals surface area contributed by atoms with Gasteiger partial charge in [0.2, 0.25) is 5.91 Å². The standard InChI is InChI=1S/C20H21FN6O/c21-15-6-2-1-5-13(15)14-9-27(10-20(14)8-4-3-7-16(28)26-20)19-17-18(23-11-22-17)24-12-25-19/h1-2,5-6,11-12,14H,3-4,7-10H2,(H,26,28)(H,22,23,24,25)/t14-,20+/m0/s1. The zero-order valence-corrected chi connectivity index (χ0v) is 15.4. The van der Waals surface area contributed by atoms with Crippen molar-refractivity contribution >= 4 is 22.9 Å². The van der Waals surface area contributed by atoms with Crippen LogP contribution in [0.5, 0.6) is 0 Å². The van der Waals surface area contributed by atoms with Crippen molar-refractivity contribution < 1.29 is 9.18 Å². The second-order valence-corrected chi connectivity index (χ2v) is 7.66. The third-order valence-electron chi connectivity index (χ3n) is 5.99. The van der Waals surface area contributed by atoms with E-state index in [9.17, 15) is 9.18 Å². The molecular formula is C20H21FN6O. The van der Waals surface area contributed by atoms with Crippen molar-refractivity contribution in [3.8, 4) is 0 Å². The maximum Gasteiger partial charge on any atom is 0.220 e. The minimum Gasteiger partial charge on any atom is -0.352 e. The minimum atomic E-state index is -0.521. The van der Waals surface area contributed by atoms with E-state index in [1.165, 1.54) is 12.4 Å². The van der Waals surface area contributed by atoms with Gasteiger partial charge in [-0.05, 0) is 24.5 Å². The molecule has 0 saturated carbocycles. The highest BCUT2D eigenvalue weighted by atomic mass is 19.1. The van der Waals surface area contributed by atoms with Gasteiger partial charge in [-0.15, -0.1) is 0 Å². The number of amides is 1. The fraction of sp³-hybridized carbons (Fsp3) is 0.400. The number of rotatable bonds is 2. The molecule has 0 radical (unpaired) electrons. The smallest absolute Gasteiger partial charge is 0.220 e. The normalized spacial score (nSPS) is 25.2. The molecule has 0 unspecified atom stereocenters. The molecule has 1 amide bonds. The monoisotopic (exact) mass is 380 g/mol. The van der Waals surface area contributed by atoms with Crippen LogP contribution in [0.3, 0.4) is 0 Å². The molecule has 7 nitrogen and oxygen atoms in total. The summed E-state index contributed by atoms with van der Waals surface area (Å²) in [6, 6.07) is 6.86. The van der Waals surface area contributed by atoms with E-state index in [4.69, 9.17) is 0 Å². The molecule has 2 aliphatic rings. The lowest BCUT2D eigenvalue weighted by atomic mass is 9.78. The molecule has 0 bridgehead atoms. The van der Waals surface area contributed by atoms with Gasteiger partial charge in [-0.2, -0.15) is 0 Å². The Morgan fingerprint density at radius 1 is 1.18 bits per heavy atom. The van der Waals surface area contributed by atoms with Gasteiger partial charge in [0.05, 0.1) is 11.9 Å². The lowest BCUT2D eigenvalue weighted by Crippen LogP contribution is -2.52. The maximum atomic E-state index is 14.7. The lowest BCUT2D eigenvalue weighted by molar-refractivity contribution is -0.122. The second-order valence-electron chi connectivity index (χ2n) is 7.66. The average molecular weight is 380 g/mol. The third-order valence-corrected chi connectivity index (χ3v) is 5.99. The van der Waals surface area contributed by atoms with Crippen LogP contribution in [0.4, 0.5) is 10.2 Å². The minimum absolute atomic E-state index is 0.0371. The van der Waals surface area contributed by atoms with Crippen LogP contribution in [0.25, 0.3) is 11.2 Å². The summed E-state index contributed by atoms with van der Waals surface area (Å²) in [5.41, 5.74) is 1.47. The molecule has 0 aliphatic carbocycles. The predicted octanol–water partition coefficient (Wildman–Crippen LogP) is 2.52. The van der Waals surface area contributed by atoms with E-state index >= 15 is 0 Å². The topological polar surface area (TPSA) is 86.8 Å². The summed E-state index contributed by atoms with van der Waals surface area (Å²) in [6.45, 7) is 1.13. The summed E-state index contributed by atoms with van der Waals surface area (Å²) in [7, 11) is 0. The Hall–Kier alpha value is -3.03. The van der Waals surface area contributed by atoms with Crippen molar-refractivity contribution in [2.45, 2.75) is 37.1 Å². The summed E-state index contributed by atoms with van der Waals surface area (Å²) in [5, 5.41) is 3.26. The highest BCUT2D eigenvalue weighted by Gasteiger charge is 2.50. The molecule has 28 heavy (non-hydrogen) atoms. The van der Waals surface area contributed by atoms with Gasteiger partial charge in [0, 0.05) is 25.4 Å². The molecule has 2 atom stereocenters. The van der Waals surface area contributed by atoms with Gasteiger partial charge in [-0.25, -0.2) is 19.3 Å². The Kier molecular flexibility index (Phi) is 3.99. The highest BCUT2D eigenvalue weighted by molar-refractivity contribution is 5.83. The number of anilines is 1. The first-order valence-corrected chi connectivity index (χ1v) is 9.61. The van der Waals surface area contributed by atoms with Crippen LogP contribution in [0, 0.1) is 5.82 Å². The van der Waals surface area contributed by atoms with Crippen molar-refractivity contribution in [2.24, 2.45) is 0 Å². The molecule has 2 fully saturated rings. The van der Waals surface area contributed by atoms with Gasteiger partial charge >= 0.3 is 0 Å². The second kappa shape index (κ2) is 6.54. The molecule has 1 spiro atoms. The number of halogens is 1. The van der Waals surface area contributed by atoms with Gasteiger partial charge in [0.15, 0.2) is 11.5 Å². The van der Waals surface area contributed by atoms with E-state index in [-0.39, 0.29) is 17.6 Å². The number of hydrogen-bond donors (Lipinski definition) is 2. The summed E-state index contributed by atoms with van der Waals surface area (Å²) in [5.74, 6) is 0.375. The van der Waals surface area contributed by atoms with E-state index in [2.05, 4.69) is 30.2 Å². The number of carbonyl (C=O) groups is 1. The molecular weight excluding hydrogens is 359 g/mol. The molecule has 4 heterocycles. The van der Waals surface area contributed by atoms with Crippen molar-refractivity contribution in [1.29, 1.82) is 0 Å². The Morgan fingerprint density at radius 2 is 2.07 bits per heavy atom. The van der Waals surface area contributed by atoms with Crippen molar-refractivity contribution in [3.63, 3.8) is 0 Å². The first-order chi connectivity index (χ1) is 13.7. The number of hydrogen-bond acceptors (Lipinski definition) is 5. The van der Waals surface area contributed by atoms with Gasteiger partial charge in [0.1, 0.15) is 17.7 Å². The van der Waals surface area contributed by atoms with Gasteiger partial charge in [-0.3, -0.25) is 4.79 Å². The number of carbonyl (C=O) groups excluding carboxylic acids is 1. The van der Waals surface area contributed by atoms with Crippen LogP contribution >= 0.6 is 0 Å². The number of H-pyrrole nitrogens is 1.